The molecule has 0 saturated heterocycles. The van der Waals surface area contributed by atoms with Crippen molar-refractivity contribution in [3.8, 4) is 0 Å². The van der Waals surface area contributed by atoms with Crippen molar-refractivity contribution < 1.29 is 0 Å². The van der Waals surface area contributed by atoms with Gasteiger partial charge in [-0.3, -0.25) is 4.98 Å². The number of benzene rings is 1. The Hall–Kier alpha value is -1.41. The Labute approximate surface area is 108 Å². The fraction of sp³-hybridized carbons (Fsp3) is 0.438. The lowest BCUT2D eigenvalue weighted by Gasteiger charge is -2.12. The first-order valence-corrected chi connectivity index (χ1v) is 6.95. The van der Waals surface area contributed by atoms with Crippen LogP contribution < -0.4 is 5.32 Å². The second-order valence-electron chi connectivity index (χ2n) is 5.23. The van der Waals surface area contributed by atoms with E-state index in [1.807, 2.05) is 6.07 Å². The minimum atomic E-state index is 0.686. The molecular weight excluding hydrogens is 220 g/mol. The fourth-order valence-electron chi connectivity index (χ4n) is 3.07. The Morgan fingerprint density at radius 2 is 2.17 bits per heavy atom. The van der Waals surface area contributed by atoms with Crippen LogP contribution in [0.1, 0.15) is 37.7 Å². The summed E-state index contributed by atoms with van der Waals surface area (Å²) in [7, 11) is 0. The summed E-state index contributed by atoms with van der Waals surface area (Å²) < 4.78 is 0. The molecular formula is C16H20N2. The van der Waals surface area contributed by atoms with Crippen LogP contribution in [0.4, 0.5) is 0 Å². The quantitative estimate of drug-likeness (QED) is 0.888. The Kier molecular flexibility index (Phi) is 3.28. The van der Waals surface area contributed by atoms with Crippen LogP contribution in [-0.2, 0) is 0 Å². The minimum Gasteiger partial charge on any atom is -0.314 e. The van der Waals surface area contributed by atoms with Crippen LogP contribution in [0.5, 0.6) is 0 Å². The van der Waals surface area contributed by atoms with Gasteiger partial charge in [-0.1, -0.05) is 25.1 Å². The molecule has 3 rings (SSSR count). The Morgan fingerprint density at radius 1 is 1.28 bits per heavy atom. The molecule has 0 radical (unpaired) electrons. The molecule has 2 heteroatoms. The number of nitrogens with zero attached hydrogens (tertiary/aromatic N) is 1. The summed E-state index contributed by atoms with van der Waals surface area (Å²) in [5.74, 6) is 0.686. The van der Waals surface area contributed by atoms with Crippen molar-refractivity contribution in [2.75, 3.05) is 6.54 Å². The molecule has 1 aliphatic carbocycles. The first kappa shape index (κ1) is 11.7. The van der Waals surface area contributed by atoms with Crippen molar-refractivity contribution in [3.05, 3.63) is 42.1 Å². The maximum absolute atomic E-state index is 4.58. The van der Waals surface area contributed by atoms with Crippen molar-refractivity contribution in [2.24, 2.45) is 0 Å². The molecule has 94 valence electrons. The fourth-order valence-corrected chi connectivity index (χ4v) is 3.07. The molecule has 0 amide bonds. The van der Waals surface area contributed by atoms with E-state index in [1.54, 1.807) is 0 Å². The summed E-state index contributed by atoms with van der Waals surface area (Å²) in [5.41, 5.74) is 2.51. The molecule has 1 aromatic carbocycles. The van der Waals surface area contributed by atoms with Gasteiger partial charge >= 0.3 is 0 Å². The van der Waals surface area contributed by atoms with Crippen LogP contribution in [0.15, 0.2) is 36.5 Å². The first-order chi connectivity index (χ1) is 8.86. The van der Waals surface area contributed by atoms with E-state index < -0.39 is 0 Å². The van der Waals surface area contributed by atoms with Gasteiger partial charge in [-0.25, -0.2) is 0 Å². The Morgan fingerprint density at radius 3 is 3.06 bits per heavy atom. The Bertz CT molecular complexity index is 535. The van der Waals surface area contributed by atoms with E-state index >= 15 is 0 Å². The van der Waals surface area contributed by atoms with E-state index in [4.69, 9.17) is 0 Å². The van der Waals surface area contributed by atoms with Gasteiger partial charge in [-0.15, -0.1) is 0 Å². The maximum Gasteiger partial charge on any atom is 0.0702 e. The molecule has 2 unspecified atom stereocenters. The summed E-state index contributed by atoms with van der Waals surface area (Å²) in [6.45, 7) is 3.26. The van der Waals surface area contributed by atoms with E-state index in [2.05, 4.69) is 47.7 Å². The summed E-state index contributed by atoms with van der Waals surface area (Å²) in [6.07, 6.45) is 5.91. The lowest BCUT2D eigenvalue weighted by atomic mass is 9.98. The molecule has 0 bridgehead atoms. The lowest BCUT2D eigenvalue weighted by molar-refractivity contribution is 0.535. The van der Waals surface area contributed by atoms with E-state index in [0.29, 0.717) is 12.0 Å². The van der Waals surface area contributed by atoms with Crippen LogP contribution >= 0.6 is 0 Å². The third-order valence-electron chi connectivity index (χ3n) is 4.01. The molecule has 1 fully saturated rings. The van der Waals surface area contributed by atoms with Gasteiger partial charge < -0.3 is 5.32 Å². The highest BCUT2D eigenvalue weighted by molar-refractivity contribution is 5.78. The third kappa shape index (κ3) is 2.25. The zero-order valence-electron chi connectivity index (χ0n) is 10.9. The normalized spacial score (nSPS) is 23.6. The number of hydrogen-bond acceptors (Lipinski definition) is 2. The van der Waals surface area contributed by atoms with Crippen molar-refractivity contribution in [1.82, 2.24) is 10.3 Å². The van der Waals surface area contributed by atoms with Gasteiger partial charge in [0.1, 0.15) is 0 Å². The minimum absolute atomic E-state index is 0.686. The molecule has 1 aliphatic rings. The highest BCUT2D eigenvalue weighted by Crippen LogP contribution is 2.35. The zero-order valence-corrected chi connectivity index (χ0v) is 10.9. The van der Waals surface area contributed by atoms with Gasteiger partial charge in [0, 0.05) is 17.6 Å². The van der Waals surface area contributed by atoms with Gasteiger partial charge in [0.15, 0.2) is 0 Å². The standard InChI is InChI=1S/C16H20N2/c1-2-17-15-8-7-12(10-15)14-9-13-5-3-4-6-16(13)18-11-14/h3-6,9,11-12,15,17H,2,7-8,10H2,1H3. The van der Waals surface area contributed by atoms with Crippen LogP contribution in [-0.4, -0.2) is 17.6 Å². The summed E-state index contributed by atoms with van der Waals surface area (Å²) in [4.78, 5) is 4.58. The lowest BCUT2D eigenvalue weighted by Crippen LogP contribution is -2.25. The SMILES string of the molecule is CCNC1CCC(c2cnc3ccccc3c2)C1. The average Bonchev–Trinajstić information content (AvgIpc) is 2.87. The van der Waals surface area contributed by atoms with Crippen molar-refractivity contribution >= 4 is 10.9 Å². The number of hydrogen-bond donors (Lipinski definition) is 1. The molecule has 1 heterocycles. The summed E-state index contributed by atoms with van der Waals surface area (Å²) in [5, 5.41) is 4.83. The van der Waals surface area contributed by atoms with Crippen LogP contribution in [0.25, 0.3) is 10.9 Å². The van der Waals surface area contributed by atoms with Crippen LogP contribution in [0.3, 0.4) is 0 Å². The predicted molar refractivity (Wildman–Crippen MR) is 75.8 cm³/mol. The number of rotatable bonds is 3. The van der Waals surface area contributed by atoms with E-state index in [9.17, 15) is 0 Å². The molecule has 18 heavy (non-hydrogen) atoms. The van der Waals surface area contributed by atoms with Gasteiger partial charge in [-0.05, 0) is 49.4 Å². The molecule has 1 N–H and O–H groups in total. The predicted octanol–water partition coefficient (Wildman–Crippen LogP) is 3.48. The maximum atomic E-state index is 4.58. The number of fused-ring (bicyclic) bond motifs is 1. The molecule has 2 aromatic rings. The Balaban J connectivity index is 1.82. The largest absolute Gasteiger partial charge is 0.314 e. The van der Waals surface area contributed by atoms with E-state index in [0.717, 1.165) is 12.1 Å². The van der Waals surface area contributed by atoms with Gasteiger partial charge in [0.25, 0.3) is 0 Å². The molecule has 1 saturated carbocycles. The molecule has 0 spiro atoms. The molecule has 2 atom stereocenters. The van der Waals surface area contributed by atoms with Gasteiger partial charge in [0.2, 0.25) is 0 Å². The summed E-state index contributed by atoms with van der Waals surface area (Å²) in [6, 6.07) is 11.4. The third-order valence-corrected chi connectivity index (χ3v) is 4.01. The second-order valence-corrected chi connectivity index (χ2v) is 5.23. The highest BCUT2D eigenvalue weighted by atomic mass is 14.9. The van der Waals surface area contributed by atoms with Crippen LogP contribution in [0, 0.1) is 0 Å². The van der Waals surface area contributed by atoms with E-state index in [1.165, 1.54) is 30.2 Å². The highest BCUT2D eigenvalue weighted by Gasteiger charge is 2.25. The number of pyridine rings is 1. The smallest absolute Gasteiger partial charge is 0.0702 e. The first-order valence-electron chi connectivity index (χ1n) is 6.95. The topological polar surface area (TPSA) is 24.9 Å². The number of para-hydroxylation sites is 1. The van der Waals surface area contributed by atoms with Crippen LogP contribution in [0.2, 0.25) is 0 Å². The van der Waals surface area contributed by atoms with Gasteiger partial charge in [0.05, 0.1) is 5.52 Å². The average molecular weight is 240 g/mol. The van der Waals surface area contributed by atoms with E-state index in [-0.39, 0.29) is 0 Å². The van der Waals surface area contributed by atoms with Crippen molar-refractivity contribution in [2.45, 2.75) is 38.1 Å². The number of aromatic nitrogens is 1. The summed E-state index contributed by atoms with van der Waals surface area (Å²) >= 11 is 0. The molecule has 0 aliphatic heterocycles. The monoisotopic (exact) mass is 240 g/mol. The zero-order chi connectivity index (χ0) is 12.4. The molecule has 1 aromatic heterocycles. The van der Waals surface area contributed by atoms with Crippen molar-refractivity contribution in [1.29, 1.82) is 0 Å². The van der Waals surface area contributed by atoms with Crippen molar-refractivity contribution in [3.63, 3.8) is 0 Å². The van der Waals surface area contributed by atoms with Gasteiger partial charge in [-0.2, -0.15) is 0 Å². The molecule has 2 nitrogen and oxygen atoms in total. The number of nitrogens with one attached hydrogen (secondary N) is 1. The second kappa shape index (κ2) is 5.07.